The summed E-state index contributed by atoms with van der Waals surface area (Å²) in [4.78, 5) is 12.2. The van der Waals surface area contributed by atoms with Gasteiger partial charge in [-0.2, -0.15) is 0 Å². The average Bonchev–Trinajstić information content (AvgIpc) is 2.59. The molecule has 0 heterocycles. The van der Waals surface area contributed by atoms with Crippen LogP contribution >= 0.6 is 0 Å². The van der Waals surface area contributed by atoms with E-state index in [0.717, 1.165) is 18.6 Å². The van der Waals surface area contributed by atoms with Gasteiger partial charge in [-0.1, -0.05) is 60.6 Å². The lowest BCUT2D eigenvalue weighted by atomic mass is 9.76. The zero-order valence-corrected chi connectivity index (χ0v) is 17.5. The van der Waals surface area contributed by atoms with Crippen LogP contribution in [0.5, 0.6) is 5.75 Å². The first-order valence-corrected chi connectivity index (χ1v) is 9.72. The molecule has 0 aliphatic carbocycles. The standard InChI is InChI=1S/C22H37NO2/c1-9-18(20(24)23-12-4)25-19-14-13-16(21(5,6)10-2)15-17(19)22(7,8)11-3/h13-15,18H,9-12H2,1-8H3,(H,23,24). The fourth-order valence-corrected chi connectivity index (χ4v) is 2.74. The predicted molar refractivity (Wildman–Crippen MR) is 106 cm³/mol. The van der Waals surface area contributed by atoms with Crippen LogP contribution in [0.2, 0.25) is 0 Å². The van der Waals surface area contributed by atoms with Crippen LogP contribution in [-0.2, 0) is 15.6 Å². The molecule has 1 atom stereocenters. The number of hydrogen-bond donors (Lipinski definition) is 1. The van der Waals surface area contributed by atoms with Crippen LogP contribution in [0.1, 0.15) is 85.8 Å². The molecule has 25 heavy (non-hydrogen) atoms. The van der Waals surface area contributed by atoms with Gasteiger partial charge in [0, 0.05) is 12.1 Å². The summed E-state index contributed by atoms with van der Waals surface area (Å²) in [6.45, 7) is 18.0. The number of ether oxygens (including phenoxy) is 1. The second-order valence-corrected chi connectivity index (χ2v) is 8.10. The summed E-state index contributed by atoms with van der Waals surface area (Å²) >= 11 is 0. The van der Waals surface area contributed by atoms with Crippen molar-refractivity contribution in [2.75, 3.05) is 6.54 Å². The van der Waals surface area contributed by atoms with E-state index in [0.29, 0.717) is 13.0 Å². The molecule has 0 saturated carbocycles. The Balaban J connectivity index is 3.32. The van der Waals surface area contributed by atoms with Crippen molar-refractivity contribution >= 4 is 5.91 Å². The zero-order valence-electron chi connectivity index (χ0n) is 17.5. The summed E-state index contributed by atoms with van der Waals surface area (Å²) < 4.78 is 6.19. The minimum absolute atomic E-state index is 0.00527. The number of amides is 1. The van der Waals surface area contributed by atoms with Crippen LogP contribution in [0.15, 0.2) is 18.2 Å². The Hall–Kier alpha value is -1.51. The molecule has 142 valence electrons. The van der Waals surface area contributed by atoms with Gasteiger partial charge in [-0.05, 0) is 48.6 Å². The molecule has 1 aromatic rings. The van der Waals surface area contributed by atoms with Gasteiger partial charge in [0.2, 0.25) is 0 Å². The Morgan fingerprint density at radius 1 is 1.04 bits per heavy atom. The number of hydrogen-bond acceptors (Lipinski definition) is 2. The van der Waals surface area contributed by atoms with E-state index < -0.39 is 6.10 Å². The van der Waals surface area contributed by atoms with E-state index in [-0.39, 0.29) is 16.7 Å². The molecule has 3 nitrogen and oxygen atoms in total. The zero-order chi connectivity index (χ0) is 19.3. The molecule has 0 aromatic heterocycles. The molecule has 1 rings (SSSR count). The molecule has 1 amide bonds. The monoisotopic (exact) mass is 347 g/mol. The number of rotatable bonds is 9. The van der Waals surface area contributed by atoms with Crippen molar-refractivity contribution in [2.24, 2.45) is 0 Å². The third-order valence-corrected chi connectivity index (χ3v) is 5.54. The maximum Gasteiger partial charge on any atom is 0.261 e. The topological polar surface area (TPSA) is 38.3 Å². The molecule has 0 bridgehead atoms. The van der Waals surface area contributed by atoms with Crippen molar-refractivity contribution in [3.8, 4) is 5.75 Å². The fourth-order valence-electron chi connectivity index (χ4n) is 2.74. The Kier molecular flexibility index (Phi) is 7.52. The average molecular weight is 348 g/mol. The highest BCUT2D eigenvalue weighted by Crippen LogP contribution is 2.38. The molecule has 0 aliphatic heterocycles. The van der Waals surface area contributed by atoms with Gasteiger partial charge in [0.1, 0.15) is 5.75 Å². The van der Waals surface area contributed by atoms with Gasteiger partial charge < -0.3 is 10.1 Å². The van der Waals surface area contributed by atoms with Gasteiger partial charge in [0.05, 0.1) is 0 Å². The van der Waals surface area contributed by atoms with Crippen molar-refractivity contribution < 1.29 is 9.53 Å². The largest absolute Gasteiger partial charge is 0.480 e. The number of carbonyl (C=O) groups excluding carboxylic acids is 1. The van der Waals surface area contributed by atoms with Crippen LogP contribution < -0.4 is 10.1 Å². The smallest absolute Gasteiger partial charge is 0.261 e. The normalized spacial score (nSPS) is 13.4. The summed E-state index contributed by atoms with van der Waals surface area (Å²) in [6.07, 6.45) is 2.30. The fraction of sp³-hybridized carbons (Fsp3) is 0.682. The number of likely N-dealkylation sites (N-methyl/N-ethyl adjacent to an activating group) is 1. The van der Waals surface area contributed by atoms with Crippen molar-refractivity contribution in [3.63, 3.8) is 0 Å². The highest BCUT2D eigenvalue weighted by atomic mass is 16.5. The lowest BCUT2D eigenvalue weighted by Gasteiger charge is -2.31. The summed E-state index contributed by atoms with van der Waals surface area (Å²) in [5, 5.41) is 2.87. The molecular formula is C22H37NO2. The van der Waals surface area contributed by atoms with E-state index >= 15 is 0 Å². The first kappa shape index (κ1) is 21.5. The molecule has 1 N–H and O–H groups in total. The van der Waals surface area contributed by atoms with Gasteiger partial charge in [0.25, 0.3) is 5.91 Å². The Morgan fingerprint density at radius 3 is 2.12 bits per heavy atom. The van der Waals surface area contributed by atoms with E-state index in [4.69, 9.17) is 4.74 Å². The van der Waals surface area contributed by atoms with E-state index in [2.05, 4.69) is 65.1 Å². The second kappa shape index (κ2) is 8.73. The van der Waals surface area contributed by atoms with Crippen LogP contribution in [0.4, 0.5) is 0 Å². The minimum atomic E-state index is -0.448. The molecule has 0 saturated heterocycles. The van der Waals surface area contributed by atoms with Gasteiger partial charge >= 0.3 is 0 Å². The van der Waals surface area contributed by atoms with Crippen LogP contribution in [0.3, 0.4) is 0 Å². The quantitative estimate of drug-likeness (QED) is 0.653. The molecule has 0 radical (unpaired) electrons. The Labute approximate surface area is 154 Å². The van der Waals surface area contributed by atoms with Crippen LogP contribution in [0, 0.1) is 0 Å². The Morgan fingerprint density at radius 2 is 1.64 bits per heavy atom. The minimum Gasteiger partial charge on any atom is -0.480 e. The van der Waals surface area contributed by atoms with Gasteiger partial charge in [-0.3, -0.25) is 4.79 Å². The highest BCUT2D eigenvalue weighted by molar-refractivity contribution is 5.81. The van der Waals surface area contributed by atoms with Crippen LogP contribution in [0.25, 0.3) is 0 Å². The van der Waals surface area contributed by atoms with Crippen molar-refractivity contribution in [1.82, 2.24) is 5.32 Å². The lowest BCUT2D eigenvalue weighted by Crippen LogP contribution is -2.38. The lowest BCUT2D eigenvalue weighted by molar-refractivity contribution is -0.128. The second-order valence-electron chi connectivity index (χ2n) is 8.10. The maximum atomic E-state index is 12.2. The van der Waals surface area contributed by atoms with E-state index in [1.54, 1.807) is 0 Å². The molecule has 1 unspecified atom stereocenters. The molecule has 1 aromatic carbocycles. The molecular weight excluding hydrogens is 310 g/mol. The third-order valence-electron chi connectivity index (χ3n) is 5.54. The first-order chi connectivity index (χ1) is 11.6. The van der Waals surface area contributed by atoms with Gasteiger partial charge in [0.15, 0.2) is 6.10 Å². The van der Waals surface area contributed by atoms with Crippen LogP contribution in [-0.4, -0.2) is 18.6 Å². The highest BCUT2D eigenvalue weighted by Gasteiger charge is 2.28. The van der Waals surface area contributed by atoms with Crippen molar-refractivity contribution in [1.29, 1.82) is 0 Å². The van der Waals surface area contributed by atoms with Crippen molar-refractivity contribution in [3.05, 3.63) is 29.3 Å². The number of nitrogens with one attached hydrogen (secondary N) is 1. The van der Waals surface area contributed by atoms with E-state index in [9.17, 15) is 4.79 Å². The van der Waals surface area contributed by atoms with E-state index in [1.807, 2.05) is 13.8 Å². The summed E-state index contributed by atoms with van der Waals surface area (Å²) in [5.74, 6) is 0.795. The van der Waals surface area contributed by atoms with Gasteiger partial charge in [-0.25, -0.2) is 0 Å². The molecule has 0 fully saturated rings. The summed E-state index contributed by atoms with van der Waals surface area (Å²) in [7, 11) is 0. The van der Waals surface area contributed by atoms with Crippen molar-refractivity contribution in [2.45, 2.75) is 91.6 Å². The number of carbonyl (C=O) groups is 1. The number of benzene rings is 1. The van der Waals surface area contributed by atoms with Gasteiger partial charge in [-0.15, -0.1) is 0 Å². The molecule has 0 spiro atoms. The Bertz CT molecular complexity index is 575. The summed E-state index contributed by atoms with van der Waals surface area (Å²) in [5.41, 5.74) is 2.64. The summed E-state index contributed by atoms with van der Waals surface area (Å²) in [6, 6.07) is 6.49. The third kappa shape index (κ3) is 5.23. The maximum absolute atomic E-state index is 12.2. The predicted octanol–water partition coefficient (Wildman–Crippen LogP) is 5.36. The molecule has 0 aliphatic rings. The first-order valence-electron chi connectivity index (χ1n) is 9.72. The molecule has 3 heteroatoms. The van der Waals surface area contributed by atoms with E-state index in [1.165, 1.54) is 11.1 Å². The SMILES string of the molecule is CCNC(=O)C(CC)Oc1ccc(C(C)(C)CC)cc1C(C)(C)CC.